The molecule has 0 bridgehead atoms. The number of hydrogen-bond acceptors (Lipinski definition) is 14. The van der Waals surface area contributed by atoms with Crippen LogP contribution in [0.1, 0.15) is 98.8 Å². The highest BCUT2D eigenvalue weighted by molar-refractivity contribution is 5.80. The number of aliphatic hydroxyl groups excluding tert-OH is 7. The monoisotopic (exact) mass is 810 g/mol. The van der Waals surface area contributed by atoms with Crippen LogP contribution in [0.3, 0.4) is 0 Å². The van der Waals surface area contributed by atoms with Gasteiger partial charge in [0, 0.05) is 5.41 Å². The Hall–Kier alpha value is -1.76. The topological polar surface area (TPSA) is 242 Å². The van der Waals surface area contributed by atoms with Crippen LogP contribution in [0.15, 0.2) is 11.6 Å². The highest BCUT2D eigenvalue weighted by Crippen LogP contribution is 2.76. The maximum Gasteiger partial charge on any atom is 0.311 e. The smallest absolute Gasteiger partial charge is 0.311 e. The second-order valence-electron chi connectivity index (χ2n) is 19.9. The van der Waals surface area contributed by atoms with Gasteiger partial charge in [0.05, 0.1) is 43.9 Å². The first-order valence-corrected chi connectivity index (χ1v) is 20.9. The number of carboxylic acids is 1. The Kier molecular flexibility index (Phi) is 11.4. The van der Waals surface area contributed by atoms with Gasteiger partial charge in [0.25, 0.3) is 0 Å². The Labute approximate surface area is 334 Å². The molecule has 2 saturated heterocycles. The van der Waals surface area contributed by atoms with Crippen LogP contribution in [0.2, 0.25) is 0 Å². The first kappa shape index (κ1) is 43.3. The second-order valence-corrected chi connectivity index (χ2v) is 19.9. The molecule has 0 radical (unpaired) electrons. The van der Waals surface area contributed by atoms with Gasteiger partial charge in [0.2, 0.25) is 0 Å². The van der Waals surface area contributed by atoms with Crippen LogP contribution < -0.4 is 0 Å². The fourth-order valence-electron chi connectivity index (χ4n) is 13.6. The van der Waals surface area contributed by atoms with E-state index >= 15 is 0 Å². The number of carboxylic acid groups (broad SMARTS) is 1. The molecule has 4 saturated carbocycles. The molecule has 0 aromatic carbocycles. The van der Waals surface area contributed by atoms with Crippen LogP contribution in [-0.2, 0) is 33.3 Å². The Morgan fingerprint density at radius 3 is 2.18 bits per heavy atom. The molecule has 7 rings (SSSR count). The first-order chi connectivity index (χ1) is 26.7. The number of fused-ring (bicyclic) bond motifs is 7. The summed E-state index contributed by atoms with van der Waals surface area (Å²) in [5.41, 5.74) is -2.07. The fraction of sp³-hybridized carbons (Fsp3) is 0.905. The minimum absolute atomic E-state index is 0.00621. The van der Waals surface area contributed by atoms with Crippen LogP contribution >= 0.6 is 0 Å². The van der Waals surface area contributed by atoms with Crippen molar-refractivity contribution in [2.24, 2.45) is 50.2 Å². The van der Waals surface area contributed by atoms with E-state index in [1.807, 2.05) is 13.8 Å². The Balaban J connectivity index is 1.16. The van der Waals surface area contributed by atoms with Crippen molar-refractivity contribution in [2.75, 3.05) is 26.9 Å². The summed E-state index contributed by atoms with van der Waals surface area (Å²) in [4.78, 5) is 26.3. The van der Waals surface area contributed by atoms with E-state index in [9.17, 15) is 50.4 Å². The van der Waals surface area contributed by atoms with Crippen molar-refractivity contribution in [2.45, 2.75) is 160 Å². The standard InChI is InChI=1S/C42H66O15/c1-37(36(52)53-6)13-15-42(35(50)51)16-14-40(4)21(22(42)17-37)7-8-26-38(2)11-10-27(39(3,20-44)25(38)9-12-41(26,40)5)56-34-32(28(46)23(45)19-54-34)57-33-31(49)30(48)29(47)24(18-43)55-33/h7,22-34,43-49H,8-20H2,1-6H3,(H,50,51)/t22-,23-,24+,25-,26-,27-,28-,29-,30-,31+,32+,33-,34-,37-,38+,39+,40-,41+,42+/m1/s1. The zero-order chi connectivity index (χ0) is 41.7. The molecule has 324 valence electrons. The highest BCUT2D eigenvalue weighted by Gasteiger charge is 2.70. The Bertz CT molecular complexity index is 1570. The van der Waals surface area contributed by atoms with E-state index in [0.29, 0.717) is 32.1 Å². The Morgan fingerprint density at radius 1 is 0.825 bits per heavy atom. The molecule has 0 aromatic rings. The van der Waals surface area contributed by atoms with Crippen molar-refractivity contribution in [1.82, 2.24) is 0 Å². The van der Waals surface area contributed by atoms with Gasteiger partial charge in [-0.2, -0.15) is 0 Å². The van der Waals surface area contributed by atoms with Gasteiger partial charge in [-0.05, 0) is 105 Å². The number of rotatable bonds is 8. The fourth-order valence-corrected chi connectivity index (χ4v) is 13.6. The van der Waals surface area contributed by atoms with Gasteiger partial charge in [0.15, 0.2) is 12.6 Å². The molecule has 7 aliphatic rings. The van der Waals surface area contributed by atoms with Crippen molar-refractivity contribution < 1.29 is 74.1 Å². The van der Waals surface area contributed by atoms with Crippen molar-refractivity contribution in [3.8, 4) is 0 Å². The predicted octanol–water partition coefficient (Wildman–Crippen LogP) is 1.65. The number of allylic oxidation sites excluding steroid dienone is 2. The summed E-state index contributed by atoms with van der Waals surface area (Å²) in [5.74, 6) is -1.17. The quantitative estimate of drug-likeness (QED) is 0.0988. The number of esters is 1. The van der Waals surface area contributed by atoms with Gasteiger partial charge >= 0.3 is 11.9 Å². The molecule has 57 heavy (non-hydrogen) atoms. The molecule has 2 heterocycles. The van der Waals surface area contributed by atoms with Gasteiger partial charge in [-0.25, -0.2) is 0 Å². The lowest BCUT2D eigenvalue weighted by molar-refractivity contribution is -0.368. The lowest BCUT2D eigenvalue weighted by Crippen LogP contribution is -2.67. The molecule has 19 atom stereocenters. The van der Waals surface area contributed by atoms with E-state index in [0.717, 1.165) is 32.1 Å². The minimum atomic E-state index is -1.75. The summed E-state index contributed by atoms with van der Waals surface area (Å²) >= 11 is 0. The van der Waals surface area contributed by atoms with Gasteiger partial charge in [-0.3, -0.25) is 9.59 Å². The molecule has 6 fully saturated rings. The number of methoxy groups -OCH3 is 1. The molecule has 8 N–H and O–H groups in total. The molecule has 0 spiro atoms. The summed E-state index contributed by atoms with van der Waals surface area (Å²) in [5, 5.41) is 84.8. The van der Waals surface area contributed by atoms with Crippen LogP contribution in [0.5, 0.6) is 0 Å². The third-order valence-corrected chi connectivity index (χ3v) is 17.5. The summed E-state index contributed by atoms with van der Waals surface area (Å²) in [6, 6.07) is 0. The molecule has 0 aromatic heterocycles. The lowest BCUT2D eigenvalue weighted by Gasteiger charge is -2.71. The zero-order valence-corrected chi connectivity index (χ0v) is 34.2. The highest BCUT2D eigenvalue weighted by atomic mass is 16.8. The molecule has 5 aliphatic carbocycles. The van der Waals surface area contributed by atoms with E-state index in [4.69, 9.17) is 23.7 Å². The van der Waals surface area contributed by atoms with E-state index < -0.39 is 90.2 Å². The first-order valence-electron chi connectivity index (χ1n) is 20.9. The Morgan fingerprint density at radius 2 is 1.53 bits per heavy atom. The molecular formula is C42H66O15. The number of aliphatic hydroxyl groups is 7. The lowest BCUT2D eigenvalue weighted by atomic mass is 9.33. The number of carbonyl (C=O) groups is 2. The summed E-state index contributed by atoms with van der Waals surface area (Å²) in [7, 11) is 1.40. The van der Waals surface area contributed by atoms with Gasteiger partial charge in [0.1, 0.15) is 42.7 Å². The normalized spacial score (nSPS) is 53.6. The summed E-state index contributed by atoms with van der Waals surface area (Å²) < 4.78 is 29.3. The van der Waals surface area contributed by atoms with E-state index in [1.165, 1.54) is 12.7 Å². The number of carbonyl (C=O) groups excluding carboxylic acids is 1. The van der Waals surface area contributed by atoms with E-state index in [-0.39, 0.29) is 53.2 Å². The van der Waals surface area contributed by atoms with Crippen molar-refractivity contribution >= 4 is 11.9 Å². The molecule has 0 unspecified atom stereocenters. The number of ether oxygens (including phenoxy) is 5. The van der Waals surface area contributed by atoms with Gasteiger partial charge in [-0.1, -0.05) is 39.3 Å². The average molecular weight is 811 g/mol. The van der Waals surface area contributed by atoms with Crippen LogP contribution in [0.4, 0.5) is 0 Å². The third-order valence-electron chi connectivity index (χ3n) is 17.5. The predicted molar refractivity (Wildman–Crippen MR) is 200 cm³/mol. The van der Waals surface area contributed by atoms with Gasteiger partial charge < -0.3 is 64.5 Å². The van der Waals surface area contributed by atoms with Crippen molar-refractivity contribution in [3.63, 3.8) is 0 Å². The maximum absolute atomic E-state index is 13.2. The van der Waals surface area contributed by atoms with Crippen LogP contribution in [0, 0.1) is 50.2 Å². The number of aliphatic carboxylic acids is 1. The second kappa shape index (κ2) is 15.0. The number of hydrogen-bond donors (Lipinski definition) is 8. The van der Waals surface area contributed by atoms with Crippen molar-refractivity contribution in [1.29, 1.82) is 0 Å². The van der Waals surface area contributed by atoms with E-state index in [1.54, 1.807) is 0 Å². The third kappa shape index (κ3) is 6.30. The minimum Gasteiger partial charge on any atom is -0.481 e. The van der Waals surface area contributed by atoms with Gasteiger partial charge in [-0.15, -0.1) is 0 Å². The molecule has 2 aliphatic heterocycles. The summed E-state index contributed by atoms with van der Waals surface area (Å²) in [6.45, 7) is 9.80. The average Bonchev–Trinajstić information content (AvgIpc) is 3.18. The van der Waals surface area contributed by atoms with Crippen LogP contribution in [-0.4, -0.2) is 141 Å². The molecular weight excluding hydrogens is 744 g/mol. The molecule has 15 nitrogen and oxygen atoms in total. The maximum atomic E-state index is 13.2. The molecule has 0 amide bonds. The largest absolute Gasteiger partial charge is 0.481 e. The SMILES string of the molecule is COC(=O)[C@]1(C)CC[C@]2(C(=O)O)CC[C@]3(C)C(=CC[C@@H]4[C@@]5(C)CC[C@@H](O[C@H]6OC[C@@H](O)[C@@H](O)[C@@H]6O[C@H]6O[C@@H](CO)[C@@H](O)[C@@H](O)[C@@H]6O)[C@@](C)(CO)[C@@H]5CC[C@@]43C)[C@H]2C1. The molecule has 15 heteroatoms. The zero-order valence-electron chi connectivity index (χ0n) is 34.2. The van der Waals surface area contributed by atoms with Crippen LogP contribution in [0.25, 0.3) is 0 Å². The van der Waals surface area contributed by atoms with E-state index in [2.05, 4.69) is 26.8 Å². The van der Waals surface area contributed by atoms with Crippen molar-refractivity contribution in [3.05, 3.63) is 11.6 Å². The summed E-state index contributed by atoms with van der Waals surface area (Å²) in [6.07, 6.45) is -5.58.